The second-order valence-electron chi connectivity index (χ2n) is 4.76. The number of rotatable bonds is 4. The van der Waals surface area contributed by atoms with Gasteiger partial charge in [0.05, 0.1) is 0 Å². The normalized spacial score (nSPS) is 10.5. The van der Waals surface area contributed by atoms with Gasteiger partial charge in [-0.15, -0.1) is 12.4 Å². The lowest BCUT2D eigenvalue weighted by molar-refractivity contribution is 0.590. The third-order valence-electron chi connectivity index (χ3n) is 3.30. The molecule has 112 valence electrons. The molecule has 0 unspecified atom stereocenters. The standard InChI is InChI=1S/C18H16NOP.ClH/c20-21(17-12-6-2-7-13-17,18-14-8-3-9-15-18)19-16-10-4-1-5-11-16;/h1-15H,(H,19,20);1H. The summed E-state index contributed by atoms with van der Waals surface area (Å²) in [6.45, 7) is 0. The van der Waals surface area contributed by atoms with Crippen molar-refractivity contribution in [3.8, 4) is 0 Å². The number of halogens is 1. The zero-order valence-electron chi connectivity index (χ0n) is 11.9. The van der Waals surface area contributed by atoms with Crippen molar-refractivity contribution in [2.24, 2.45) is 0 Å². The molecule has 0 aliphatic carbocycles. The van der Waals surface area contributed by atoms with E-state index in [-0.39, 0.29) is 12.4 Å². The van der Waals surface area contributed by atoms with Crippen LogP contribution in [0.2, 0.25) is 0 Å². The van der Waals surface area contributed by atoms with E-state index in [1.807, 2.05) is 91.0 Å². The molecule has 0 saturated heterocycles. The third-order valence-corrected chi connectivity index (χ3v) is 5.92. The highest BCUT2D eigenvalue weighted by Gasteiger charge is 2.26. The fourth-order valence-electron chi connectivity index (χ4n) is 2.25. The minimum absolute atomic E-state index is 0. The largest absolute Gasteiger partial charge is 0.329 e. The minimum Gasteiger partial charge on any atom is -0.329 e. The van der Waals surface area contributed by atoms with Gasteiger partial charge in [0.2, 0.25) is 7.29 Å². The van der Waals surface area contributed by atoms with Crippen molar-refractivity contribution < 1.29 is 4.57 Å². The van der Waals surface area contributed by atoms with Crippen LogP contribution in [-0.4, -0.2) is 0 Å². The molecule has 0 saturated carbocycles. The van der Waals surface area contributed by atoms with Gasteiger partial charge in [0.1, 0.15) is 0 Å². The molecule has 0 amide bonds. The number of hydrogen-bond acceptors (Lipinski definition) is 1. The Morgan fingerprint density at radius 2 is 0.955 bits per heavy atom. The maximum atomic E-state index is 13.7. The highest BCUT2D eigenvalue weighted by atomic mass is 35.5. The first kappa shape index (κ1) is 16.4. The molecule has 3 aromatic rings. The van der Waals surface area contributed by atoms with Gasteiger partial charge in [-0.1, -0.05) is 54.6 Å². The average Bonchev–Trinajstić information content (AvgIpc) is 2.57. The van der Waals surface area contributed by atoms with Crippen LogP contribution >= 0.6 is 19.7 Å². The lowest BCUT2D eigenvalue weighted by atomic mass is 10.3. The summed E-state index contributed by atoms with van der Waals surface area (Å²) >= 11 is 0. The molecule has 0 bridgehead atoms. The van der Waals surface area contributed by atoms with Gasteiger partial charge in [0, 0.05) is 16.3 Å². The van der Waals surface area contributed by atoms with Gasteiger partial charge >= 0.3 is 0 Å². The molecule has 0 fully saturated rings. The first-order valence-corrected chi connectivity index (χ1v) is 8.54. The quantitative estimate of drug-likeness (QED) is 0.716. The van der Waals surface area contributed by atoms with Gasteiger partial charge in [-0.25, -0.2) is 0 Å². The van der Waals surface area contributed by atoms with Gasteiger partial charge in [-0.3, -0.25) is 4.57 Å². The summed E-state index contributed by atoms with van der Waals surface area (Å²) in [5, 5.41) is 4.85. The summed E-state index contributed by atoms with van der Waals surface area (Å²) < 4.78 is 13.7. The summed E-state index contributed by atoms with van der Waals surface area (Å²) in [5.41, 5.74) is 0.855. The molecule has 0 aliphatic rings. The van der Waals surface area contributed by atoms with Gasteiger partial charge < -0.3 is 5.09 Å². The van der Waals surface area contributed by atoms with Crippen molar-refractivity contribution >= 4 is 36.0 Å². The van der Waals surface area contributed by atoms with Crippen molar-refractivity contribution in [2.45, 2.75) is 0 Å². The zero-order valence-corrected chi connectivity index (χ0v) is 13.6. The smallest absolute Gasteiger partial charge is 0.227 e. The van der Waals surface area contributed by atoms with Crippen LogP contribution in [0.1, 0.15) is 0 Å². The molecule has 22 heavy (non-hydrogen) atoms. The molecule has 0 atom stereocenters. The Bertz CT molecular complexity index is 704. The van der Waals surface area contributed by atoms with Crippen molar-refractivity contribution in [3.05, 3.63) is 91.0 Å². The Balaban J connectivity index is 0.00000176. The summed E-state index contributed by atoms with van der Waals surface area (Å²) in [4.78, 5) is 0. The number of hydrogen-bond donors (Lipinski definition) is 1. The van der Waals surface area contributed by atoms with E-state index in [1.165, 1.54) is 0 Å². The predicted molar refractivity (Wildman–Crippen MR) is 97.1 cm³/mol. The number of para-hydroxylation sites is 1. The van der Waals surface area contributed by atoms with Crippen molar-refractivity contribution in [1.29, 1.82) is 0 Å². The molecule has 3 aromatic carbocycles. The first-order valence-electron chi connectivity index (χ1n) is 6.84. The Morgan fingerprint density at radius 1 is 0.591 bits per heavy atom. The maximum absolute atomic E-state index is 13.7. The SMILES string of the molecule is Cl.O=P(Nc1ccccc1)(c1ccccc1)c1ccccc1. The number of benzene rings is 3. The Hall–Kier alpha value is -2.02. The highest BCUT2D eigenvalue weighted by molar-refractivity contribution is 7.80. The van der Waals surface area contributed by atoms with Crippen LogP contribution in [0.25, 0.3) is 0 Å². The fourth-order valence-corrected chi connectivity index (χ4v) is 4.50. The summed E-state index contributed by atoms with van der Waals surface area (Å²) in [7, 11) is -2.90. The average molecular weight is 330 g/mol. The van der Waals surface area contributed by atoms with E-state index in [0.717, 1.165) is 16.3 Å². The van der Waals surface area contributed by atoms with Crippen molar-refractivity contribution in [2.75, 3.05) is 5.09 Å². The molecule has 4 heteroatoms. The van der Waals surface area contributed by atoms with Crippen LogP contribution in [0.5, 0.6) is 0 Å². The van der Waals surface area contributed by atoms with E-state index in [1.54, 1.807) is 0 Å². The Morgan fingerprint density at radius 3 is 1.36 bits per heavy atom. The molecule has 0 radical (unpaired) electrons. The van der Waals surface area contributed by atoms with E-state index in [2.05, 4.69) is 5.09 Å². The molecule has 0 aliphatic heterocycles. The maximum Gasteiger partial charge on any atom is 0.227 e. The topological polar surface area (TPSA) is 29.1 Å². The lowest BCUT2D eigenvalue weighted by Gasteiger charge is -2.21. The number of nitrogens with one attached hydrogen (secondary N) is 1. The molecule has 0 spiro atoms. The Labute approximate surface area is 137 Å². The van der Waals surface area contributed by atoms with Crippen LogP contribution in [0.15, 0.2) is 91.0 Å². The monoisotopic (exact) mass is 329 g/mol. The summed E-state index contributed by atoms with van der Waals surface area (Å²) in [6.07, 6.45) is 0. The van der Waals surface area contributed by atoms with Crippen LogP contribution in [0.4, 0.5) is 5.69 Å². The van der Waals surface area contributed by atoms with E-state index < -0.39 is 7.29 Å². The summed E-state index contributed by atoms with van der Waals surface area (Å²) in [5.74, 6) is 0. The van der Waals surface area contributed by atoms with E-state index in [9.17, 15) is 4.57 Å². The second kappa shape index (κ2) is 7.31. The van der Waals surface area contributed by atoms with E-state index >= 15 is 0 Å². The zero-order chi connectivity index (χ0) is 14.5. The lowest BCUT2D eigenvalue weighted by Crippen LogP contribution is -2.21. The van der Waals surface area contributed by atoms with Gasteiger partial charge in [0.15, 0.2) is 0 Å². The van der Waals surface area contributed by atoms with Crippen LogP contribution in [0.3, 0.4) is 0 Å². The third kappa shape index (κ3) is 3.41. The molecule has 0 heterocycles. The van der Waals surface area contributed by atoms with Crippen LogP contribution in [0, 0.1) is 0 Å². The molecule has 0 aromatic heterocycles. The fraction of sp³-hybridized carbons (Fsp3) is 0. The van der Waals surface area contributed by atoms with Gasteiger partial charge in [-0.05, 0) is 36.4 Å². The first-order chi connectivity index (χ1) is 10.3. The second-order valence-corrected chi connectivity index (χ2v) is 7.23. The van der Waals surface area contributed by atoms with Crippen LogP contribution in [-0.2, 0) is 4.57 Å². The van der Waals surface area contributed by atoms with Crippen LogP contribution < -0.4 is 15.7 Å². The Kier molecular flexibility index (Phi) is 5.43. The molecular weight excluding hydrogens is 313 g/mol. The molecule has 1 N–H and O–H groups in total. The van der Waals surface area contributed by atoms with Crippen molar-refractivity contribution in [1.82, 2.24) is 0 Å². The van der Waals surface area contributed by atoms with Gasteiger partial charge in [-0.2, -0.15) is 0 Å². The number of anilines is 1. The molecular formula is C18H17ClNOP. The molecule has 2 nitrogen and oxygen atoms in total. The minimum atomic E-state index is -2.90. The highest BCUT2D eigenvalue weighted by Crippen LogP contribution is 2.43. The van der Waals surface area contributed by atoms with E-state index in [4.69, 9.17) is 0 Å². The van der Waals surface area contributed by atoms with E-state index in [0.29, 0.717) is 0 Å². The summed E-state index contributed by atoms with van der Waals surface area (Å²) in [6, 6.07) is 28.8. The predicted octanol–water partition coefficient (Wildman–Crippen LogP) is 4.45. The molecule has 3 rings (SSSR count). The van der Waals surface area contributed by atoms with Gasteiger partial charge in [0.25, 0.3) is 0 Å². The van der Waals surface area contributed by atoms with Crippen molar-refractivity contribution in [3.63, 3.8) is 0 Å².